The second-order valence-electron chi connectivity index (χ2n) is 6.57. The molecule has 2 aliphatic heterocycles. The Kier molecular flexibility index (Phi) is 5.98. The Morgan fingerprint density at radius 1 is 1.25 bits per heavy atom. The van der Waals surface area contributed by atoms with E-state index in [0.29, 0.717) is 18.9 Å². The molecule has 1 amide bonds. The SMILES string of the molecule is NCCC(=O)N1CCCC(Cc2ccc(N3CCOCC3)nn2)C1. The lowest BCUT2D eigenvalue weighted by Crippen LogP contribution is -2.41. The fourth-order valence-corrected chi connectivity index (χ4v) is 3.46. The number of piperidine rings is 1. The second-order valence-corrected chi connectivity index (χ2v) is 6.57. The maximum absolute atomic E-state index is 12.0. The third-order valence-electron chi connectivity index (χ3n) is 4.77. The predicted molar refractivity (Wildman–Crippen MR) is 91.7 cm³/mol. The molecule has 0 aromatic carbocycles. The number of morpholine rings is 1. The van der Waals surface area contributed by atoms with E-state index in [-0.39, 0.29) is 5.91 Å². The highest BCUT2D eigenvalue weighted by atomic mass is 16.5. The van der Waals surface area contributed by atoms with Gasteiger partial charge in [-0.3, -0.25) is 4.79 Å². The molecular formula is C17H27N5O2. The molecule has 0 spiro atoms. The molecule has 2 fully saturated rings. The van der Waals surface area contributed by atoms with Gasteiger partial charge in [-0.15, -0.1) is 5.10 Å². The van der Waals surface area contributed by atoms with Crippen LogP contribution in [0.5, 0.6) is 0 Å². The Hall–Kier alpha value is -1.73. The van der Waals surface area contributed by atoms with Gasteiger partial charge in [0.1, 0.15) is 0 Å². The minimum atomic E-state index is 0.177. The fourth-order valence-electron chi connectivity index (χ4n) is 3.46. The number of rotatable bonds is 5. The molecule has 132 valence electrons. The van der Waals surface area contributed by atoms with Gasteiger partial charge in [-0.25, -0.2) is 0 Å². The lowest BCUT2D eigenvalue weighted by atomic mass is 9.93. The van der Waals surface area contributed by atoms with E-state index >= 15 is 0 Å². The summed E-state index contributed by atoms with van der Waals surface area (Å²) in [5, 5.41) is 8.77. The summed E-state index contributed by atoms with van der Waals surface area (Å²) in [4.78, 5) is 16.2. The lowest BCUT2D eigenvalue weighted by molar-refractivity contribution is -0.132. The monoisotopic (exact) mass is 333 g/mol. The first kappa shape index (κ1) is 17.1. The van der Waals surface area contributed by atoms with Crippen molar-refractivity contribution in [2.45, 2.75) is 25.7 Å². The van der Waals surface area contributed by atoms with Gasteiger partial charge in [-0.2, -0.15) is 5.10 Å². The summed E-state index contributed by atoms with van der Waals surface area (Å²) < 4.78 is 5.36. The third-order valence-corrected chi connectivity index (χ3v) is 4.77. The van der Waals surface area contributed by atoms with E-state index < -0.39 is 0 Å². The molecular weight excluding hydrogens is 306 g/mol. The molecule has 7 heteroatoms. The Morgan fingerprint density at radius 3 is 2.79 bits per heavy atom. The number of nitrogens with zero attached hydrogens (tertiary/aromatic N) is 4. The first-order valence-electron chi connectivity index (χ1n) is 8.89. The van der Waals surface area contributed by atoms with Gasteiger partial charge in [-0.1, -0.05) is 0 Å². The first-order chi connectivity index (χ1) is 11.8. The highest BCUT2D eigenvalue weighted by molar-refractivity contribution is 5.76. The maximum Gasteiger partial charge on any atom is 0.223 e. The summed E-state index contributed by atoms with van der Waals surface area (Å²) in [5.41, 5.74) is 6.50. The Balaban J connectivity index is 1.54. The zero-order valence-electron chi connectivity index (χ0n) is 14.2. The summed E-state index contributed by atoms with van der Waals surface area (Å²) in [7, 11) is 0. The first-order valence-corrected chi connectivity index (χ1v) is 8.89. The summed E-state index contributed by atoms with van der Waals surface area (Å²) >= 11 is 0. The van der Waals surface area contributed by atoms with Crippen molar-refractivity contribution in [1.29, 1.82) is 0 Å². The van der Waals surface area contributed by atoms with Gasteiger partial charge in [0.25, 0.3) is 0 Å². The molecule has 0 saturated carbocycles. The van der Waals surface area contributed by atoms with E-state index in [9.17, 15) is 4.79 Å². The highest BCUT2D eigenvalue weighted by Crippen LogP contribution is 2.21. The van der Waals surface area contributed by atoms with E-state index in [1.54, 1.807) is 0 Å². The molecule has 3 heterocycles. The van der Waals surface area contributed by atoms with Crippen molar-refractivity contribution in [3.05, 3.63) is 17.8 Å². The normalized spacial score (nSPS) is 21.8. The summed E-state index contributed by atoms with van der Waals surface area (Å²) in [6, 6.07) is 4.12. The van der Waals surface area contributed by atoms with E-state index in [1.807, 2.05) is 11.0 Å². The molecule has 24 heavy (non-hydrogen) atoms. The van der Waals surface area contributed by atoms with Crippen molar-refractivity contribution in [2.75, 3.05) is 50.8 Å². The van der Waals surface area contributed by atoms with Gasteiger partial charge in [0, 0.05) is 39.1 Å². The van der Waals surface area contributed by atoms with Crippen LogP contribution in [0.1, 0.15) is 25.0 Å². The number of carbonyl (C=O) groups is 1. The van der Waals surface area contributed by atoms with Gasteiger partial charge < -0.3 is 20.3 Å². The molecule has 1 atom stereocenters. The summed E-state index contributed by atoms with van der Waals surface area (Å²) in [5.74, 6) is 1.56. The van der Waals surface area contributed by atoms with Crippen LogP contribution in [0.15, 0.2) is 12.1 Å². The van der Waals surface area contributed by atoms with Crippen molar-refractivity contribution in [3.8, 4) is 0 Å². The number of carbonyl (C=O) groups excluding carboxylic acids is 1. The molecule has 0 aliphatic carbocycles. The Morgan fingerprint density at radius 2 is 2.08 bits per heavy atom. The summed E-state index contributed by atoms with van der Waals surface area (Å²) in [6.45, 7) is 5.33. The number of hydrogen-bond donors (Lipinski definition) is 1. The number of amides is 1. The molecule has 3 rings (SSSR count). The van der Waals surface area contributed by atoms with Crippen molar-refractivity contribution in [2.24, 2.45) is 11.7 Å². The lowest BCUT2D eigenvalue weighted by Gasteiger charge is -2.32. The van der Waals surface area contributed by atoms with Crippen LogP contribution in [-0.4, -0.2) is 66.9 Å². The predicted octanol–water partition coefficient (Wildman–Crippen LogP) is 0.443. The van der Waals surface area contributed by atoms with Crippen LogP contribution in [0, 0.1) is 5.92 Å². The fraction of sp³-hybridized carbons (Fsp3) is 0.706. The van der Waals surface area contributed by atoms with Crippen LogP contribution in [0.3, 0.4) is 0 Å². The number of aromatic nitrogens is 2. The molecule has 1 aromatic heterocycles. The topological polar surface area (TPSA) is 84.6 Å². The number of nitrogens with two attached hydrogens (primary N) is 1. The molecule has 0 bridgehead atoms. The number of likely N-dealkylation sites (tertiary alicyclic amines) is 1. The van der Waals surface area contributed by atoms with Crippen LogP contribution in [-0.2, 0) is 16.0 Å². The third kappa shape index (κ3) is 4.42. The van der Waals surface area contributed by atoms with E-state index in [4.69, 9.17) is 10.5 Å². The van der Waals surface area contributed by atoms with Crippen molar-refractivity contribution < 1.29 is 9.53 Å². The number of ether oxygens (including phenoxy) is 1. The smallest absolute Gasteiger partial charge is 0.223 e. The quantitative estimate of drug-likeness (QED) is 0.842. The van der Waals surface area contributed by atoms with Gasteiger partial charge in [0.15, 0.2) is 5.82 Å². The standard InChI is InChI=1S/C17H27N5O2/c18-6-5-17(23)22-7-1-2-14(13-22)12-15-3-4-16(20-19-15)21-8-10-24-11-9-21/h3-4,14H,1-2,5-13,18H2. The van der Waals surface area contributed by atoms with Gasteiger partial charge >= 0.3 is 0 Å². The zero-order chi connectivity index (χ0) is 16.8. The maximum atomic E-state index is 12.0. The van der Waals surface area contributed by atoms with Crippen molar-refractivity contribution >= 4 is 11.7 Å². The van der Waals surface area contributed by atoms with Crippen LogP contribution >= 0.6 is 0 Å². The molecule has 1 unspecified atom stereocenters. The molecule has 2 saturated heterocycles. The van der Waals surface area contributed by atoms with Gasteiger partial charge in [0.05, 0.1) is 18.9 Å². The van der Waals surface area contributed by atoms with Crippen LogP contribution < -0.4 is 10.6 Å². The van der Waals surface area contributed by atoms with Crippen molar-refractivity contribution in [1.82, 2.24) is 15.1 Å². The van der Waals surface area contributed by atoms with Crippen molar-refractivity contribution in [3.63, 3.8) is 0 Å². The molecule has 7 nitrogen and oxygen atoms in total. The average Bonchev–Trinajstić information content (AvgIpc) is 2.63. The number of hydrogen-bond acceptors (Lipinski definition) is 6. The largest absolute Gasteiger partial charge is 0.378 e. The average molecular weight is 333 g/mol. The molecule has 2 N–H and O–H groups in total. The minimum Gasteiger partial charge on any atom is -0.378 e. The van der Waals surface area contributed by atoms with E-state index in [0.717, 1.165) is 70.2 Å². The highest BCUT2D eigenvalue weighted by Gasteiger charge is 2.24. The number of anilines is 1. The molecule has 2 aliphatic rings. The van der Waals surface area contributed by atoms with Crippen LogP contribution in [0.4, 0.5) is 5.82 Å². The van der Waals surface area contributed by atoms with E-state index in [1.165, 1.54) is 0 Å². The Labute approximate surface area is 143 Å². The molecule has 1 aromatic rings. The molecule has 0 radical (unpaired) electrons. The summed E-state index contributed by atoms with van der Waals surface area (Å²) in [6.07, 6.45) is 3.52. The van der Waals surface area contributed by atoms with Crippen LogP contribution in [0.2, 0.25) is 0 Å². The van der Waals surface area contributed by atoms with Gasteiger partial charge in [0.2, 0.25) is 5.91 Å². The van der Waals surface area contributed by atoms with E-state index in [2.05, 4.69) is 21.2 Å². The van der Waals surface area contributed by atoms with Crippen LogP contribution in [0.25, 0.3) is 0 Å². The second kappa shape index (κ2) is 8.39. The minimum absolute atomic E-state index is 0.177. The zero-order valence-corrected chi connectivity index (χ0v) is 14.2. The van der Waals surface area contributed by atoms with Gasteiger partial charge in [-0.05, 0) is 37.3 Å². The Bertz CT molecular complexity index is 530.